The van der Waals surface area contributed by atoms with Gasteiger partial charge in [-0.15, -0.1) is 0 Å². The molecule has 4 aromatic carbocycles. The SMILES string of the molecule is COc1ccc(C(F)(F)F)cc1N1Cc2cccc(F)c2N=C1c1ccc(-c2cccc(F)c2)cc1. The molecule has 36 heavy (non-hydrogen) atoms. The van der Waals surface area contributed by atoms with E-state index in [-0.39, 0.29) is 35.3 Å². The molecule has 8 heteroatoms. The van der Waals surface area contributed by atoms with Crippen LogP contribution in [0.25, 0.3) is 11.1 Å². The number of para-hydroxylation sites is 1. The Kier molecular flexibility index (Phi) is 5.96. The molecule has 5 rings (SSSR count). The molecular weight excluding hydrogens is 475 g/mol. The van der Waals surface area contributed by atoms with Crippen LogP contribution in [0.3, 0.4) is 0 Å². The largest absolute Gasteiger partial charge is 0.495 e. The lowest BCUT2D eigenvalue weighted by molar-refractivity contribution is -0.137. The molecule has 0 aliphatic carbocycles. The summed E-state index contributed by atoms with van der Waals surface area (Å²) in [7, 11) is 1.37. The Bertz CT molecular complexity index is 1460. The minimum Gasteiger partial charge on any atom is -0.495 e. The molecule has 3 nitrogen and oxygen atoms in total. The molecule has 0 aromatic heterocycles. The van der Waals surface area contributed by atoms with E-state index in [1.807, 2.05) is 0 Å². The molecule has 1 aliphatic heterocycles. The number of hydrogen-bond donors (Lipinski definition) is 0. The van der Waals surface area contributed by atoms with E-state index in [1.54, 1.807) is 47.4 Å². The van der Waals surface area contributed by atoms with Crippen LogP contribution >= 0.6 is 0 Å². The van der Waals surface area contributed by atoms with E-state index in [1.165, 1.54) is 37.4 Å². The molecule has 0 fully saturated rings. The highest BCUT2D eigenvalue weighted by Gasteiger charge is 2.33. The smallest absolute Gasteiger partial charge is 0.416 e. The summed E-state index contributed by atoms with van der Waals surface area (Å²) in [5, 5.41) is 0. The van der Waals surface area contributed by atoms with Gasteiger partial charge in [-0.2, -0.15) is 13.2 Å². The number of fused-ring (bicyclic) bond motifs is 1. The molecule has 182 valence electrons. The molecule has 0 amide bonds. The number of benzene rings is 4. The summed E-state index contributed by atoms with van der Waals surface area (Å²) in [5.74, 6) is -0.428. The summed E-state index contributed by atoms with van der Waals surface area (Å²) < 4.78 is 74.3. The van der Waals surface area contributed by atoms with Gasteiger partial charge in [-0.3, -0.25) is 0 Å². The van der Waals surface area contributed by atoms with Crippen LogP contribution in [-0.4, -0.2) is 12.9 Å². The predicted octanol–water partition coefficient (Wildman–Crippen LogP) is 7.76. The van der Waals surface area contributed by atoms with Crippen molar-refractivity contribution >= 4 is 17.2 Å². The number of ether oxygens (including phenoxy) is 1. The summed E-state index contributed by atoms with van der Waals surface area (Å²) in [6, 6.07) is 20.8. The first-order valence-corrected chi connectivity index (χ1v) is 11.0. The first-order chi connectivity index (χ1) is 17.2. The fraction of sp³-hybridized carbons (Fsp3) is 0.107. The molecule has 0 atom stereocenters. The standard InChI is InChI=1S/C28H19F5N2O/c1-36-25-13-12-21(28(31,32)33)15-24(25)35-16-20-5-3-7-23(30)26(20)34-27(35)18-10-8-17(9-11-18)19-4-2-6-22(29)14-19/h2-15H,16H2,1H3. The molecule has 0 saturated carbocycles. The van der Waals surface area contributed by atoms with Gasteiger partial charge in [0.15, 0.2) is 0 Å². The predicted molar refractivity (Wildman–Crippen MR) is 129 cm³/mol. The van der Waals surface area contributed by atoms with Gasteiger partial charge in [0.25, 0.3) is 0 Å². The average Bonchev–Trinajstić information content (AvgIpc) is 2.87. The van der Waals surface area contributed by atoms with Gasteiger partial charge < -0.3 is 9.64 Å². The third-order valence-corrected chi connectivity index (χ3v) is 5.97. The zero-order valence-electron chi connectivity index (χ0n) is 19.0. The second-order valence-corrected chi connectivity index (χ2v) is 8.24. The second kappa shape index (κ2) is 9.11. The zero-order valence-corrected chi connectivity index (χ0v) is 19.0. The number of alkyl halides is 3. The lowest BCUT2D eigenvalue weighted by Crippen LogP contribution is -2.34. The zero-order chi connectivity index (χ0) is 25.4. The summed E-state index contributed by atoms with van der Waals surface area (Å²) in [6.45, 7) is 0.0786. The molecule has 0 radical (unpaired) electrons. The number of halogens is 5. The van der Waals surface area contributed by atoms with Crippen LogP contribution in [-0.2, 0) is 12.7 Å². The van der Waals surface area contributed by atoms with Gasteiger partial charge in [-0.05, 0) is 47.5 Å². The van der Waals surface area contributed by atoms with E-state index in [0.29, 0.717) is 16.7 Å². The van der Waals surface area contributed by atoms with Crippen molar-refractivity contribution < 1.29 is 26.7 Å². The van der Waals surface area contributed by atoms with Crippen molar-refractivity contribution in [3.05, 3.63) is 113 Å². The van der Waals surface area contributed by atoms with E-state index in [4.69, 9.17) is 4.74 Å². The lowest BCUT2D eigenvalue weighted by atomic mass is 10.0. The van der Waals surface area contributed by atoms with Crippen LogP contribution in [0.5, 0.6) is 5.75 Å². The van der Waals surface area contributed by atoms with Crippen molar-refractivity contribution in [3.8, 4) is 16.9 Å². The number of amidine groups is 1. The van der Waals surface area contributed by atoms with Crippen LogP contribution in [0, 0.1) is 11.6 Å². The molecule has 0 unspecified atom stereocenters. The van der Waals surface area contributed by atoms with Gasteiger partial charge in [-0.1, -0.05) is 48.5 Å². The van der Waals surface area contributed by atoms with Gasteiger partial charge >= 0.3 is 6.18 Å². The molecule has 0 bridgehead atoms. The summed E-state index contributed by atoms with van der Waals surface area (Å²) in [5.41, 5.74) is 1.91. The number of aliphatic imine (C=N–C) groups is 1. The minimum atomic E-state index is -4.56. The first kappa shape index (κ1) is 23.5. The maximum atomic E-state index is 14.6. The fourth-order valence-corrected chi connectivity index (χ4v) is 4.20. The maximum absolute atomic E-state index is 14.6. The molecule has 0 spiro atoms. The summed E-state index contributed by atoms with van der Waals surface area (Å²) in [6.07, 6.45) is -4.56. The Morgan fingerprint density at radius 2 is 1.53 bits per heavy atom. The van der Waals surface area contributed by atoms with Crippen molar-refractivity contribution in [1.29, 1.82) is 0 Å². The van der Waals surface area contributed by atoms with Gasteiger partial charge in [0.1, 0.15) is 28.9 Å². The highest BCUT2D eigenvalue weighted by molar-refractivity contribution is 6.13. The first-order valence-electron chi connectivity index (χ1n) is 11.0. The van der Waals surface area contributed by atoms with Gasteiger partial charge in [0.2, 0.25) is 0 Å². The number of anilines is 1. The fourth-order valence-electron chi connectivity index (χ4n) is 4.20. The second-order valence-electron chi connectivity index (χ2n) is 8.24. The van der Waals surface area contributed by atoms with Crippen LogP contribution in [0.4, 0.5) is 33.3 Å². The van der Waals surface area contributed by atoms with E-state index in [2.05, 4.69) is 4.99 Å². The summed E-state index contributed by atoms with van der Waals surface area (Å²) in [4.78, 5) is 6.10. The Morgan fingerprint density at radius 3 is 2.22 bits per heavy atom. The van der Waals surface area contributed by atoms with Gasteiger partial charge in [0, 0.05) is 11.1 Å². The maximum Gasteiger partial charge on any atom is 0.416 e. The third-order valence-electron chi connectivity index (χ3n) is 5.97. The minimum absolute atomic E-state index is 0.0786. The van der Waals surface area contributed by atoms with Crippen molar-refractivity contribution in [2.24, 2.45) is 4.99 Å². The Balaban J connectivity index is 1.65. The van der Waals surface area contributed by atoms with E-state index in [0.717, 1.165) is 17.7 Å². The molecule has 1 aliphatic rings. The number of rotatable bonds is 4. The van der Waals surface area contributed by atoms with E-state index < -0.39 is 17.6 Å². The van der Waals surface area contributed by atoms with Crippen LogP contribution in [0.2, 0.25) is 0 Å². The molecular formula is C28H19F5N2O. The Labute approximate surface area is 204 Å². The third kappa shape index (κ3) is 4.42. The van der Waals surface area contributed by atoms with E-state index >= 15 is 0 Å². The summed E-state index contributed by atoms with van der Waals surface area (Å²) >= 11 is 0. The van der Waals surface area contributed by atoms with Crippen LogP contribution < -0.4 is 9.64 Å². The molecule has 0 saturated heterocycles. The number of hydrogen-bond acceptors (Lipinski definition) is 3. The molecule has 4 aromatic rings. The number of nitrogens with zero attached hydrogens (tertiary/aromatic N) is 2. The van der Waals surface area contributed by atoms with Crippen LogP contribution in [0.15, 0.2) is 89.9 Å². The van der Waals surface area contributed by atoms with Crippen molar-refractivity contribution in [1.82, 2.24) is 0 Å². The monoisotopic (exact) mass is 494 g/mol. The lowest BCUT2D eigenvalue weighted by Gasteiger charge is -2.32. The van der Waals surface area contributed by atoms with Gasteiger partial charge in [0.05, 0.1) is 24.9 Å². The highest BCUT2D eigenvalue weighted by atomic mass is 19.4. The van der Waals surface area contributed by atoms with Crippen LogP contribution in [0.1, 0.15) is 16.7 Å². The van der Waals surface area contributed by atoms with Gasteiger partial charge in [-0.25, -0.2) is 13.8 Å². The van der Waals surface area contributed by atoms with Crippen molar-refractivity contribution in [2.75, 3.05) is 12.0 Å². The van der Waals surface area contributed by atoms with E-state index in [9.17, 15) is 22.0 Å². The van der Waals surface area contributed by atoms with Crippen molar-refractivity contribution in [3.63, 3.8) is 0 Å². The highest BCUT2D eigenvalue weighted by Crippen LogP contribution is 2.41. The normalized spacial score (nSPS) is 13.3. The Hall–Kier alpha value is -4.20. The number of methoxy groups -OCH3 is 1. The molecule has 0 N–H and O–H groups in total. The molecule has 1 heterocycles. The average molecular weight is 494 g/mol. The Morgan fingerprint density at radius 1 is 0.806 bits per heavy atom. The topological polar surface area (TPSA) is 24.8 Å². The quantitative estimate of drug-likeness (QED) is 0.271. The van der Waals surface area contributed by atoms with Crippen molar-refractivity contribution in [2.45, 2.75) is 12.7 Å².